The second-order valence-electron chi connectivity index (χ2n) is 3.06. The number of hydrogen-bond donors (Lipinski definition) is 1. The van der Waals surface area contributed by atoms with E-state index in [0.717, 1.165) is 4.34 Å². The summed E-state index contributed by atoms with van der Waals surface area (Å²) in [6.45, 7) is 2.71. The van der Waals surface area contributed by atoms with Crippen molar-refractivity contribution in [1.29, 1.82) is 0 Å². The standard InChI is InChI=1S/C9H13NO3S2/c1-6(4-13-2)15-9-10-7(5-14-9)3-8(11)12/h5-6H,3-4H2,1-2H3,(H,11,12). The van der Waals surface area contributed by atoms with E-state index in [1.54, 1.807) is 24.3 Å². The van der Waals surface area contributed by atoms with E-state index < -0.39 is 5.97 Å². The van der Waals surface area contributed by atoms with Gasteiger partial charge in [0.1, 0.15) is 4.34 Å². The van der Waals surface area contributed by atoms with E-state index in [4.69, 9.17) is 9.84 Å². The summed E-state index contributed by atoms with van der Waals surface area (Å²) in [6, 6.07) is 0. The monoisotopic (exact) mass is 247 g/mol. The predicted octanol–water partition coefficient (Wildman–Crippen LogP) is 1.90. The highest BCUT2D eigenvalue weighted by Gasteiger charge is 2.09. The van der Waals surface area contributed by atoms with Crippen molar-refractivity contribution in [3.8, 4) is 0 Å². The van der Waals surface area contributed by atoms with Crippen molar-refractivity contribution in [2.24, 2.45) is 0 Å². The average molecular weight is 247 g/mol. The van der Waals surface area contributed by atoms with Crippen LogP contribution in [0, 0.1) is 0 Å². The van der Waals surface area contributed by atoms with Gasteiger partial charge in [0.25, 0.3) is 0 Å². The molecule has 0 amide bonds. The molecule has 1 aromatic heterocycles. The molecule has 84 valence electrons. The van der Waals surface area contributed by atoms with Gasteiger partial charge in [0.05, 0.1) is 18.7 Å². The zero-order valence-electron chi connectivity index (χ0n) is 8.60. The third-order valence-electron chi connectivity index (χ3n) is 1.57. The van der Waals surface area contributed by atoms with Gasteiger partial charge in [-0.25, -0.2) is 4.98 Å². The van der Waals surface area contributed by atoms with E-state index >= 15 is 0 Å². The third kappa shape index (κ3) is 4.63. The van der Waals surface area contributed by atoms with Crippen LogP contribution in [0.5, 0.6) is 0 Å². The first-order valence-electron chi connectivity index (χ1n) is 4.43. The Morgan fingerprint density at radius 2 is 2.53 bits per heavy atom. The number of aromatic nitrogens is 1. The molecule has 0 spiro atoms. The van der Waals surface area contributed by atoms with Gasteiger partial charge in [-0.05, 0) is 0 Å². The lowest BCUT2D eigenvalue weighted by Crippen LogP contribution is -2.04. The summed E-state index contributed by atoms with van der Waals surface area (Å²) in [5.41, 5.74) is 0.625. The Balaban J connectivity index is 2.48. The zero-order valence-corrected chi connectivity index (χ0v) is 10.2. The fraction of sp³-hybridized carbons (Fsp3) is 0.556. The lowest BCUT2D eigenvalue weighted by Gasteiger charge is -2.06. The fourth-order valence-electron chi connectivity index (χ4n) is 1.02. The maximum atomic E-state index is 10.4. The van der Waals surface area contributed by atoms with Crippen LogP contribution >= 0.6 is 23.1 Å². The molecular formula is C9H13NO3S2. The first-order chi connectivity index (χ1) is 7.11. The van der Waals surface area contributed by atoms with Gasteiger partial charge >= 0.3 is 5.97 Å². The van der Waals surface area contributed by atoms with Gasteiger partial charge in [0.2, 0.25) is 0 Å². The molecule has 1 N–H and O–H groups in total. The molecule has 0 aliphatic heterocycles. The van der Waals surface area contributed by atoms with Crippen LogP contribution in [0.15, 0.2) is 9.72 Å². The molecule has 0 aliphatic carbocycles. The Morgan fingerprint density at radius 1 is 1.80 bits per heavy atom. The van der Waals surface area contributed by atoms with Gasteiger partial charge in [0.15, 0.2) is 0 Å². The molecule has 0 saturated heterocycles. The zero-order chi connectivity index (χ0) is 11.3. The SMILES string of the molecule is COCC(C)Sc1nc(CC(=O)O)cs1. The number of thiazole rings is 1. The Kier molecular flexibility index (Phi) is 5.07. The molecule has 0 radical (unpaired) electrons. The molecule has 6 heteroatoms. The van der Waals surface area contributed by atoms with Gasteiger partial charge in [-0.1, -0.05) is 18.7 Å². The maximum Gasteiger partial charge on any atom is 0.309 e. The summed E-state index contributed by atoms with van der Waals surface area (Å²) >= 11 is 3.08. The van der Waals surface area contributed by atoms with Crippen molar-refractivity contribution in [3.63, 3.8) is 0 Å². The van der Waals surface area contributed by atoms with E-state index in [1.165, 1.54) is 11.3 Å². The summed E-state index contributed by atoms with van der Waals surface area (Å²) in [5, 5.41) is 10.7. The van der Waals surface area contributed by atoms with Crippen LogP contribution in [-0.4, -0.2) is 35.0 Å². The minimum absolute atomic E-state index is 0.00425. The number of carboxylic acids is 1. The van der Waals surface area contributed by atoms with Crippen LogP contribution in [0.25, 0.3) is 0 Å². The molecule has 4 nitrogen and oxygen atoms in total. The van der Waals surface area contributed by atoms with Crippen molar-refractivity contribution >= 4 is 29.1 Å². The van der Waals surface area contributed by atoms with Gasteiger partial charge in [-0.3, -0.25) is 4.79 Å². The molecule has 1 aromatic rings. The van der Waals surface area contributed by atoms with Gasteiger partial charge in [-0.2, -0.15) is 0 Å². The number of ether oxygens (including phenoxy) is 1. The Labute approximate surface area is 96.7 Å². The summed E-state index contributed by atoms with van der Waals surface area (Å²) in [6.07, 6.45) is -0.00425. The number of carbonyl (C=O) groups is 1. The number of aliphatic carboxylic acids is 1. The number of carboxylic acid groups (broad SMARTS) is 1. The number of nitrogens with zero attached hydrogens (tertiary/aromatic N) is 1. The second-order valence-corrected chi connectivity index (χ2v) is 5.60. The smallest absolute Gasteiger partial charge is 0.309 e. The quantitative estimate of drug-likeness (QED) is 0.778. The Bertz CT molecular complexity index is 327. The molecule has 0 aromatic carbocycles. The van der Waals surface area contributed by atoms with Crippen LogP contribution in [0.2, 0.25) is 0 Å². The van der Waals surface area contributed by atoms with Crippen LogP contribution in [0.3, 0.4) is 0 Å². The summed E-state index contributed by atoms with van der Waals surface area (Å²) in [7, 11) is 1.66. The highest BCUT2D eigenvalue weighted by Crippen LogP contribution is 2.26. The number of thioether (sulfide) groups is 1. The Hall–Kier alpha value is -0.590. The van der Waals surface area contributed by atoms with Gasteiger partial charge in [0, 0.05) is 17.7 Å². The van der Waals surface area contributed by atoms with E-state index in [9.17, 15) is 4.79 Å². The van der Waals surface area contributed by atoms with Crippen molar-refractivity contribution in [3.05, 3.63) is 11.1 Å². The lowest BCUT2D eigenvalue weighted by molar-refractivity contribution is -0.136. The maximum absolute atomic E-state index is 10.4. The number of hydrogen-bond acceptors (Lipinski definition) is 5. The Morgan fingerprint density at radius 3 is 3.13 bits per heavy atom. The molecule has 0 bridgehead atoms. The first kappa shape index (κ1) is 12.5. The summed E-state index contributed by atoms with van der Waals surface area (Å²) in [5.74, 6) is -0.846. The van der Waals surface area contributed by atoms with Gasteiger partial charge in [-0.15, -0.1) is 11.3 Å². The van der Waals surface area contributed by atoms with E-state index in [-0.39, 0.29) is 6.42 Å². The molecule has 1 unspecified atom stereocenters. The highest BCUT2D eigenvalue weighted by atomic mass is 32.2. The molecule has 1 rings (SSSR count). The molecule has 0 fully saturated rings. The molecular weight excluding hydrogens is 234 g/mol. The molecule has 0 aliphatic rings. The van der Waals surface area contributed by atoms with Crippen LogP contribution < -0.4 is 0 Å². The molecule has 1 atom stereocenters. The largest absolute Gasteiger partial charge is 0.481 e. The molecule has 1 heterocycles. The minimum Gasteiger partial charge on any atom is -0.481 e. The molecule has 0 saturated carbocycles. The van der Waals surface area contributed by atoms with Crippen molar-refractivity contribution < 1.29 is 14.6 Å². The van der Waals surface area contributed by atoms with Gasteiger partial charge < -0.3 is 9.84 Å². The van der Waals surface area contributed by atoms with E-state index in [2.05, 4.69) is 4.98 Å². The predicted molar refractivity (Wildman–Crippen MR) is 60.6 cm³/mol. The normalized spacial score (nSPS) is 12.7. The second kappa shape index (κ2) is 6.09. The average Bonchev–Trinajstić information content (AvgIpc) is 2.51. The lowest BCUT2D eigenvalue weighted by atomic mass is 10.3. The summed E-state index contributed by atoms with van der Waals surface area (Å²) in [4.78, 5) is 14.7. The number of rotatable bonds is 6. The minimum atomic E-state index is -0.846. The number of methoxy groups -OCH3 is 1. The highest BCUT2D eigenvalue weighted by molar-refractivity contribution is 8.01. The summed E-state index contributed by atoms with van der Waals surface area (Å²) < 4.78 is 5.91. The van der Waals surface area contributed by atoms with E-state index in [1.807, 2.05) is 6.92 Å². The van der Waals surface area contributed by atoms with Crippen molar-refractivity contribution in [1.82, 2.24) is 4.98 Å². The van der Waals surface area contributed by atoms with Crippen LogP contribution in [0.4, 0.5) is 0 Å². The third-order valence-corrected chi connectivity index (χ3v) is 3.66. The van der Waals surface area contributed by atoms with Crippen molar-refractivity contribution in [2.45, 2.75) is 22.9 Å². The molecule has 15 heavy (non-hydrogen) atoms. The van der Waals surface area contributed by atoms with E-state index in [0.29, 0.717) is 17.6 Å². The van der Waals surface area contributed by atoms with Crippen LogP contribution in [0.1, 0.15) is 12.6 Å². The topological polar surface area (TPSA) is 59.4 Å². The van der Waals surface area contributed by atoms with Crippen LogP contribution in [-0.2, 0) is 16.0 Å². The van der Waals surface area contributed by atoms with Crippen molar-refractivity contribution in [2.75, 3.05) is 13.7 Å². The fourth-order valence-corrected chi connectivity index (χ4v) is 3.14. The first-order valence-corrected chi connectivity index (χ1v) is 6.19.